The molecule has 0 aliphatic rings. The quantitative estimate of drug-likeness (QED) is 0.186. The van der Waals surface area contributed by atoms with Gasteiger partial charge in [-0.15, -0.1) is 0 Å². The molecule has 0 saturated carbocycles. The SMILES string of the molecule is CCCCCCCCCCOS(=O)(=O)c1ccc(Oc2ccc(S(=O)(=O)O)cc2)cc1.[H-].[Na+]. The van der Waals surface area contributed by atoms with Crippen LogP contribution in [0.1, 0.15) is 59.7 Å². The second-order valence-corrected chi connectivity index (χ2v) is 10.3. The molecular weight excluding hydrogens is 463 g/mol. The number of hydrogen-bond acceptors (Lipinski definition) is 6. The zero-order valence-electron chi connectivity index (χ0n) is 19.7. The first-order valence-electron chi connectivity index (χ1n) is 10.5. The molecule has 0 saturated heterocycles. The van der Waals surface area contributed by atoms with Crippen molar-refractivity contribution in [3.05, 3.63) is 48.5 Å². The predicted octanol–water partition coefficient (Wildman–Crippen LogP) is 2.69. The first-order chi connectivity index (χ1) is 14.7. The van der Waals surface area contributed by atoms with Gasteiger partial charge in [-0.25, -0.2) is 0 Å². The molecule has 7 nitrogen and oxygen atoms in total. The molecule has 0 bridgehead atoms. The van der Waals surface area contributed by atoms with Crippen molar-refractivity contribution in [3.8, 4) is 11.5 Å². The van der Waals surface area contributed by atoms with Crippen molar-refractivity contribution in [2.24, 2.45) is 0 Å². The summed E-state index contributed by atoms with van der Waals surface area (Å²) in [7, 11) is -8.10. The molecule has 0 unspecified atom stereocenters. The van der Waals surface area contributed by atoms with Crippen LogP contribution in [0.15, 0.2) is 58.3 Å². The fourth-order valence-corrected chi connectivity index (χ4v) is 4.39. The molecule has 2 rings (SSSR count). The van der Waals surface area contributed by atoms with Crippen LogP contribution in [0.5, 0.6) is 11.5 Å². The summed E-state index contributed by atoms with van der Waals surface area (Å²) in [4.78, 5) is -0.198. The molecule has 10 heteroatoms. The normalized spacial score (nSPS) is 11.7. The van der Waals surface area contributed by atoms with E-state index in [1.807, 2.05) is 0 Å². The average molecular weight is 495 g/mol. The Bertz CT molecular complexity index is 1010. The van der Waals surface area contributed by atoms with Crippen LogP contribution in [-0.2, 0) is 24.4 Å². The van der Waals surface area contributed by atoms with E-state index < -0.39 is 20.2 Å². The van der Waals surface area contributed by atoms with Gasteiger partial charge in [0.25, 0.3) is 20.2 Å². The van der Waals surface area contributed by atoms with Gasteiger partial charge < -0.3 is 6.16 Å². The molecular formula is C22H31NaO7S2. The van der Waals surface area contributed by atoms with Crippen LogP contribution in [0.2, 0.25) is 0 Å². The smallest absolute Gasteiger partial charge is 1.00 e. The van der Waals surface area contributed by atoms with Crippen molar-refractivity contribution >= 4 is 20.2 Å². The van der Waals surface area contributed by atoms with E-state index in [2.05, 4.69) is 6.92 Å². The second-order valence-electron chi connectivity index (χ2n) is 7.27. The molecule has 0 heterocycles. The van der Waals surface area contributed by atoms with Crippen LogP contribution in [-0.4, -0.2) is 28.0 Å². The van der Waals surface area contributed by atoms with Crippen molar-refractivity contribution in [1.29, 1.82) is 0 Å². The summed E-state index contributed by atoms with van der Waals surface area (Å²) in [5, 5.41) is 0. The monoisotopic (exact) mass is 494 g/mol. The zero-order valence-corrected chi connectivity index (χ0v) is 22.3. The van der Waals surface area contributed by atoms with Gasteiger partial charge in [-0.3, -0.25) is 8.74 Å². The van der Waals surface area contributed by atoms with Crippen LogP contribution >= 0.6 is 0 Å². The van der Waals surface area contributed by atoms with Gasteiger partial charge in [0.2, 0.25) is 0 Å². The van der Waals surface area contributed by atoms with Crippen molar-refractivity contribution in [2.45, 2.75) is 68.1 Å². The molecule has 0 radical (unpaired) electrons. The summed E-state index contributed by atoms with van der Waals surface area (Å²) >= 11 is 0. The van der Waals surface area contributed by atoms with Gasteiger partial charge in [0, 0.05) is 0 Å². The van der Waals surface area contributed by atoms with Crippen molar-refractivity contribution < 1.29 is 61.3 Å². The molecule has 0 fully saturated rings. The third-order valence-corrected chi connectivity index (χ3v) is 6.90. The van der Waals surface area contributed by atoms with Crippen LogP contribution in [0.4, 0.5) is 0 Å². The van der Waals surface area contributed by atoms with E-state index in [1.165, 1.54) is 80.6 Å². The maximum Gasteiger partial charge on any atom is 1.00 e. The number of hydrogen-bond donors (Lipinski definition) is 1. The van der Waals surface area contributed by atoms with Gasteiger partial charge in [0.1, 0.15) is 11.5 Å². The summed E-state index contributed by atoms with van der Waals surface area (Å²) in [5.74, 6) is 0.718. The Hall–Kier alpha value is -0.940. The fourth-order valence-electron chi connectivity index (χ4n) is 2.96. The van der Waals surface area contributed by atoms with Gasteiger partial charge in [-0.05, 0) is 55.0 Å². The van der Waals surface area contributed by atoms with Gasteiger partial charge in [-0.1, -0.05) is 51.9 Å². The van der Waals surface area contributed by atoms with E-state index in [4.69, 9.17) is 13.5 Å². The third kappa shape index (κ3) is 10.3. The summed E-state index contributed by atoms with van der Waals surface area (Å²) in [6.07, 6.45) is 8.90. The molecule has 0 aromatic heterocycles. The van der Waals surface area contributed by atoms with Gasteiger partial charge in [0.15, 0.2) is 0 Å². The predicted molar refractivity (Wildman–Crippen MR) is 120 cm³/mol. The largest absolute Gasteiger partial charge is 1.00 e. The molecule has 32 heavy (non-hydrogen) atoms. The Morgan fingerprint density at radius 2 is 1.16 bits per heavy atom. The molecule has 0 amide bonds. The minimum Gasteiger partial charge on any atom is -1.00 e. The van der Waals surface area contributed by atoms with Crippen LogP contribution in [0.25, 0.3) is 0 Å². The van der Waals surface area contributed by atoms with Crippen LogP contribution in [0.3, 0.4) is 0 Å². The molecule has 174 valence electrons. The number of ether oxygens (including phenoxy) is 1. The third-order valence-electron chi connectivity index (χ3n) is 4.71. The van der Waals surface area contributed by atoms with Crippen molar-refractivity contribution in [3.63, 3.8) is 0 Å². The Morgan fingerprint density at radius 1 is 0.719 bits per heavy atom. The molecule has 2 aromatic rings. The second kappa shape index (κ2) is 14.3. The van der Waals surface area contributed by atoms with Crippen molar-refractivity contribution in [1.82, 2.24) is 0 Å². The first kappa shape index (κ1) is 29.1. The van der Waals surface area contributed by atoms with E-state index in [1.54, 1.807) is 0 Å². The minimum atomic E-state index is -4.27. The topological polar surface area (TPSA) is 107 Å². The summed E-state index contributed by atoms with van der Waals surface area (Å²) < 4.78 is 66.4. The maximum atomic E-state index is 12.3. The first-order valence-corrected chi connectivity index (χ1v) is 13.3. The fraction of sp³-hybridized carbons (Fsp3) is 0.455. The van der Waals surface area contributed by atoms with Gasteiger partial charge in [-0.2, -0.15) is 16.8 Å². The Kier molecular flexibility index (Phi) is 13.0. The molecule has 2 aromatic carbocycles. The Labute approximate surface area is 215 Å². The zero-order chi connectivity index (χ0) is 22.7. The van der Waals surface area contributed by atoms with Crippen LogP contribution < -0.4 is 34.3 Å². The van der Waals surface area contributed by atoms with E-state index in [0.717, 1.165) is 12.8 Å². The number of unbranched alkanes of at least 4 members (excludes halogenated alkanes) is 7. The Balaban J connectivity index is 0.00000512. The molecule has 0 atom stereocenters. The summed E-state index contributed by atoms with van der Waals surface area (Å²) in [6, 6.07) is 11.0. The van der Waals surface area contributed by atoms with Gasteiger partial charge >= 0.3 is 29.6 Å². The van der Waals surface area contributed by atoms with Crippen molar-refractivity contribution in [2.75, 3.05) is 6.61 Å². The molecule has 0 aliphatic heterocycles. The standard InChI is InChI=1S/C22H30O7S2.Na.H/c1-2-3-4-5-6-7-8-9-18-28-31(26,27)22-16-12-20(13-17-22)29-19-10-14-21(15-11-19)30(23,24)25;;/h10-17H,2-9,18H2,1H3,(H,23,24,25);;/q;+1;-1. The van der Waals surface area contributed by atoms with E-state index >= 15 is 0 Å². The minimum absolute atomic E-state index is 0. The van der Waals surface area contributed by atoms with E-state index in [9.17, 15) is 16.8 Å². The summed E-state index contributed by atoms with van der Waals surface area (Å²) in [6.45, 7) is 2.35. The molecule has 1 N–H and O–H groups in total. The molecule has 0 aliphatic carbocycles. The van der Waals surface area contributed by atoms with E-state index in [-0.39, 0.29) is 47.4 Å². The van der Waals surface area contributed by atoms with Crippen LogP contribution in [0, 0.1) is 0 Å². The average Bonchev–Trinajstić information content (AvgIpc) is 2.73. The number of benzene rings is 2. The van der Waals surface area contributed by atoms with Gasteiger partial charge in [0.05, 0.1) is 16.4 Å². The molecule has 0 spiro atoms. The maximum absolute atomic E-state index is 12.3. The van der Waals surface area contributed by atoms with E-state index in [0.29, 0.717) is 17.9 Å². The number of rotatable bonds is 14. The Morgan fingerprint density at radius 3 is 1.62 bits per heavy atom. The summed E-state index contributed by atoms with van der Waals surface area (Å²) in [5.41, 5.74) is 0.